The summed E-state index contributed by atoms with van der Waals surface area (Å²) in [4.78, 5) is 11.0. The van der Waals surface area contributed by atoms with Gasteiger partial charge >= 0.3 is 0 Å². The molecule has 0 rings (SSSR count). The lowest BCUT2D eigenvalue weighted by molar-refractivity contribution is -0.120. The fraction of sp³-hybridized carbons (Fsp3) is 0.864. The largest absolute Gasteiger partial charge is 0.399 e. The van der Waals surface area contributed by atoms with E-state index in [4.69, 9.17) is 43.6 Å². The van der Waals surface area contributed by atoms with Crippen LogP contribution in [-0.4, -0.2) is 131 Å². The third kappa shape index (κ3) is 26.2. The zero-order valence-corrected chi connectivity index (χ0v) is 23.8. The molecule has 0 aliphatic heterocycles. The molecule has 0 saturated heterocycles. The molecule has 0 aromatic rings. The molecule has 0 radical (unpaired) electrons. The molecule has 0 aliphatic rings. The van der Waals surface area contributed by atoms with Gasteiger partial charge in [-0.1, -0.05) is 0 Å². The fourth-order valence-electron chi connectivity index (χ4n) is 2.39. The van der Waals surface area contributed by atoms with Crippen LogP contribution in [0.5, 0.6) is 0 Å². The molecule has 214 valence electrons. The van der Waals surface area contributed by atoms with Crippen LogP contribution < -0.4 is 14.7 Å². The first-order valence-electron chi connectivity index (χ1n) is 12.0. The maximum atomic E-state index is 11.0. The zero-order valence-electron chi connectivity index (χ0n) is 21.7. The summed E-state index contributed by atoms with van der Waals surface area (Å²) < 4.78 is 45.4. The third-order valence-corrected chi connectivity index (χ3v) is 4.83. The van der Waals surface area contributed by atoms with Crippen LogP contribution in [0, 0.1) is 0 Å². The number of rotatable bonds is 28. The fourth-order valence-corrected chi connectivity index (χ4v) is 2.66. The third-order valence-electron chi connectivity index (χ3n) is 4.22. The van der Waals surface area contributed by atoms with Gasteiger partial charge in [0.15, 0.2) is 0 Å². The van der Waals surface area contributed by atoms with E-state index in [2.05, 4.69) is 8.96 Å². The van der Waals surface area contributed by atoms with E-state index < -0.39 is 0 Å². The molecule has 0 aromatic carbocycles. The van der Waals surface area contributed by atoms with Gasteiger partial charge in [0.25, 0.3) is 0 Å². The highest BCUT2D eigenvalue weighted by atomic mass is 127. The number of hydrogen-bond acceptors (Lipinski definition) is 12. The first-order valence-corrected chi connectivity index (χ1v) is 13.0. The minimum absolute atomic E-state index is 0.0502. The van der Waals surface area contributed by atoms with Gasteiger partial charge in [-0.3, -0.25) is 8.32 Å². The number of hydrogen-bond donors (Lipinski definition) is 3. The van der Waals surface area contributed by atoms with E-state index in [9.17, 15) is 4.79 Å². The molecule has 0 fully saturated rings. The van der Waals surface area contributed by atoms with Gasteiger partial charge in [0, 0.05) is 20.4 Å². The molecule has 0 spiro atoms. The summed E-state index contributed by atoms with van der Waals surface area (Å²) in [5.74, 6) is -0.0502. The summed E-state index contributed by atoms with van der Waals surface area (Å²) in [7, 11) is 3.45. The highest BCUT2D eigenvalue weighted by Gasteiger charge is 2.01. The van der Waals surface area contributed by atoms with Crippen LogP contribution in [0.1, 0.15) is 6.42 Å². The molecule has 0 aromatic heterocycles. The Labute approximate surface area is 229 Å². The molecule has 0 bridgehead atoms. The monoisotopic (exact) mass is 636 g/mol. The first-order chi connectivity index (χ1) is 17.6. The molecule has 0 aliphatic carbocycles. The number of nitrogens with two attached hydrogens (primary N) is 1. The van der Waals surface area contributed by atoms with Crippen LogP contribution in [0.15, 0.2) is 11.9 Å². The lowest BCUT2D eigenvalue weighted by atomic mass is 10.4. The number of carbonyl (C=O) groups is 1. The minimum Gasteiger partial charge on any atom is -0.399 e. The molecule has 1 amide bonds. The molecule has 36 heavy (non-hydrogen) atoms. The summed E-state index contributed by atoms with van der Waals surface area (Å²) in [5.41, 5.74) is 9.64. The van der Waals surface area contributed by atoms with E-state index in [0.29, 0.717) is 118 Å². The minimum atomic E-state index is -0.0502. The van der Waals surface area contributed by atoms with Crippen LogP contribution in [0.3, 0.4) is 0 Å². The number of amides is 1. The lowest BCUT2D eigenvalue weighted by Gasteiger charge is -2.20. The van der Waals surface area contributed by atoms with E-state index in [1.807, 2.05) is 12.1 Å². The van der Waals surface area contributed by atoms with Crippen LogP contribution in [0.4, 0.5) is 0 Å². The predicted octanol–water partition coefficient (Wildman–Crippen LogP) is -0.158. The summed E-state index contributed by atoms with van der Waals surface area (Å²) in [6, 6.07) is 0. The van der Waals surface area contributed by atoms with E-state index in [0.717, 1.165) is 0 Å². The molecule has 0 heterocycles. The van der Waals surface area contributed by atoms with Crippen molar-refractivity contribution in [2.75, 3.05) is 120 Å². The predicted molar refractivity (Wildman–Crippen MR) is 142 cm³/mol. The van der Waals surface area contributed by atoms with Gasteiger partial charge in [0.1, 0.15) is 0 Å². The van der Waals surface area contributed by atoms with Crippen molar-refractivity contribution in [3.8, 4) is 0 Å². The smallest absolute Gasteiger partial charge is 0.230 e. The number of nitrogens with one attached hydrogen (secondary N) is 2. The van der Waals surface area contributed by atoms with Gasteiger partial charge in [-0.15, -0.1) is 0 Å². The quantitative estimate of drug-likeness (QED) is 0.0455. The van der Waals surface area contributed by atoms with Crippen molar-refractivity contribution in [2.24, 2.45) is 5.73 Å². The lowest BCUT2D eigenvalue weighted by Crippen LogP contribution is -2.34. The second-order valence-electron chi connectivity index (χ2n) is 7.11. The molecule has 4 N–H and O–H groups in total. The first kappa shape index (κ1) is 35.2. The van der Waals surface area contributed by atoms with Gasteiger partial charge < -0.3 is 48.6 Å². The van der Waals surface area contributed by atoms with E-state index in [1.165, 1.54) is 0 Å². The molecule has 0 atom stereocenters. The van der Waals surface area contributed by atoms with E-state index >= 15 is 0 Å². The van der Waals surface area contributed by atoms with Crippen molar-refractivity contribution < 1.29 is 42.7 Å². The van der Waals surface area contributed by atoms with Gasteiger partial charge in [-0.25, -0.2) is 5.43 Å². The summed E-state index contributed by atoms with van der Waals surface area (Å²) >= 11 is 1.80. The number of hydrazine groups is 1. The number of ether oxygens (including phenoxy) is 8. The van der Waals surface area contributed by atoms with Crippen LogP contribution in [-0.2, 0) is 42.7 Å². The van der Waals surface area contributed by atoms with Crippen molar-refractivity contribution in [1.82, 2.24) is 14.0 Å². The Kier molecular flexibility index (Phi) is 28.1. The Hall–Kier alpha value is -0.820. The summed E-state index contributed by atoms with van der Waals surface area (Å²) in [6.45, 7) is 7.79. The number of carbonyl (C=O) groups excluding carboxylic acids is 1. The second-order valence-corrected chi connectivity index (χ2v) is 7.65. The van der Waals surface area contributed by atoms with Crippen molar-refractivity contribution >= 4 is 28.8 Å². The Balaban J connectivity index is 3.50. The van der Waals surface area contributed by atoms with Gasteiger partial charge in [0.2, 0.25) is 5.91 Å². The maximum Gasteiger partial charge on any atom is 0.230 e. The molecule has 0 saturated carbocycles. The summed E-state index contributed by atoms with van der Waals surface area (Å²) in [6.07, 6.45) is 2.13. The Morgan fingerprint density at radius 3 is 1.67 bits per heavy atom. The molecular weight excluding hydrogens is 591 g/mol. The van der Waals surface area contributed by atoms with Crippen LogP contribution >= 0.6 is 22.9 Å². The normalized spacial score (nSPS) is 11.7. The number of methoxy groups -OCH3 is 1. The zero-order chi connectivity index (χ0) is 26.5. The average molecular weight is 637 g/mol. The number of nitrogens with zero attached hydrogens (tertiary/aromatic N) is 1. The van der Waals surface area contributed by atoms with Gasteiger partial charge in [-0.05, 0) is 0 Å². The van der Waals surface area contributed by atoms with Gasteiger partial charge in [-0.2, -0.15) is 0 Å². The van der Waals surface area contributed by atoms with Gasteiger partial charge in [0.05, 0.1) is 141 Å². The Morgan fingerprint density at radius 1 is 0.750 bits per heavy atom. The highest BCUT2D eigenvalue weighted by Crippen LogP contribution is 1.93. The molecule has 13 nitrogen and oxygen atoms in total. The average Bonchev–Trinajstić information content (AvgIpc) is 2.88. The molecule has 0 unspecified atom stereocenters. The standard InChI is InChI=1S/C22H45IN4O9/c1-25-27(19-21(24)20-36-18-17-35-14-13-32-8-7-29-2)4-6-31-10-12-34-16-15-33-11-9-30-5-3-22(28)26-23/h19,25H,3-18,20,24H2,1-2H3,(H,26,28)/b21-19-. The van der Waals surface area contributed by atoms with Crippen LogP contribution in [0.25, 0.3) is 0 Å². The van der Waals surface area contributed by atoms with E-state index in [1.54, 1.807) is 36.2 Å². The van der Waals surface area contributed by atoms with Crippen molar-refractivity contribution in [3.05, 3.63) is 11.9 Å². The highest BCUT2D eigenvalue weighted by molar-refractivity contribution is 14.1. The topological polar surface area (TPSA) is 144 Å². The summed E-state index contributed by atoms with van der Waals surface area (Å²) in [5, 5.41) is 1.83. The van der Waals surface area contributed by atoms with Crippen molar-refractivity contribution in [2.45, 2.75) is 6.42 Å². The van der Waals surface area contributed by atoms with Crippen LogP contribution in [0.2, 0.25) is 0 Å². The number of halogens is 1. The Morgan fingerprint density at radius 2 is 1.19 bits per heavy atom. The van der Waals surface area contributed by atoms with Crippen molar-refractivity contribution in [1.29, 1.82) is 0 Å². The van der Waals surface area contributed by atoms with Crippen molar-refractivity contribution in [3.63, 3.8) is 0 Å². The van der Waals surface area contributed by atoms with E-state index in [-0.39, 0.29) is 5.91 Å². The molecular formula is C22H45IN4O9. The molecule has 14 heteroatoms. The maximum absolute atomic E-state index is 11.0. The Bertz CT molecular complexity index is 522. The second kappa shape index (κ2) is 28.7. The SMILES string of the molecule is CNN(/C=C(\N)COCCOCCOCCOC)CCOCCOCCOCCOCCC(=O)NI.